The summed E-state index contributed by atoms with van der Waals surface area (Å²) in [5.41, 5.74) is 0.252. The van der Waals surface area contributed by atoms with E-state index in [1.807, 2.05) is 0 Å². The van der Waals surface area contributed by atoms with Gasteiger partial charge in [0, 0.05) is 11.1 Å². The molecule has 1 aromatic carbocycles. The SMILES string of the molecule is O=C(O)c1cc(S(=O)(=O)Nc2cccc(Cl)c2)c(Br)o1. The standard InChI is InChI=1S/C11H7BrClNO5S/c12-10-9(5-8(19-10)11(15)16)20(17,18)14-7-3-1-2-6(13)4-7/h1-5,14H,(H,15,16). The first-order valence-electron chi connectivity index (χ1n) is 5.10. The molecule has 0 spiro atoms. The van der Waals surface area contributed by atoms with Gasteiger partial charge in [-0.25, -0.2) is 13.2 Å². The van der Waals surface area contributed by atoms with Gasteiger partial charge >= 0.3 is 5.97 Å². The highest BCUT2D eigenvalue weighted by Gasteiger charge is 2.25. The number of carbonyl (C=O) groups is 1. The first kappa shape index (κ1) is 14.9. The average molecular weight is 381 g/mol. The van der Waals surface area contributed by atoms with Gasteiger partial charge in [-0.3, -0.25) is 4.72 Å². The summed E-state index contributed by atoms with van der Waals surface area (Å²) in [5.74, 6) is -1.85. The Labute approximate surface area is 127 Å². The van der Waals surface area contributed by atoms with E-state index in [4.69, 9.17) is 21.1 Å². The number of anilines is 1. The van der Waals surface area contributed by atoms with E-state index < -0.39 is 21.8 Å². The fraction of sp³-hybridized carbons (Fsp3) is 0. The molecule has 2 rings (SSSR count). The topological polar surface area (TPSA) is 96.6 Å². The summed E-state index contributed by atoms with van der Waals surface area (Å²) >= 11 is 8.63. The lowest BCUT2D eigenvalue weighted by Gasteiger charge is -2.06. The van der Waals surface area contributed by atoms with Crippen LogP contribution in [0.25, 0.3) is 0 Å². The van der Waals surface area contributed by atoms with Gasteiger partial charge in [-0.05, 0) is 34.1 Å². The number of hydrogen-bond donors (Lipinski definition) is 2. The van der Waals surface area contributed by atoms with E-state index in [1.54, 1.807) is 12.1 Å². The van der Waals surface area contributed by atoms with Crippen LogP contribution in [0.4, 0.5) is 5.69 Å². The summed E-state index contributed by atoms with van der Waals surface area (Å²) in [4.78, 5) is 10.4. The molecule has 0 aliphatic rings. The molecule has 0 unspecified atom stereocenters. The van der Waals surface area contributed by atoms with Crippen molar-refractivity contribution in [1.82, 2.24) is 0 Å². The molecule has 0 atom stereocenters. The maximum Gasteiger partial charge on any atom is 0.371 e. The molecule has 1 aromatic heterocycles. The first-order valence-corrected chi connectivity index (χ1v) is 7.76. The first-order chi connectivity index (χ1) is 9.29. The van der Waals surface area contributed by atoms with Crippen molar-refractivity contribution < 1.29 is 22.7 Å². The van der Waals surface area contributed by atoms with Crippen molar-refractivity contribution in [3.05, 3.63) is 45.8 Å². The van der Waals surface area contributed by atoms with Crippen LogP contribution in [-0.4, -0.2) is 19.5 Å². The zero-order valence-electron chi connectivity index (χ0n) is 9.63. The normalized spacial score (nSPS) is 11.3. The third-order valence-electron chi connectivity index (χ3n) is 2.23. The Bertz CT molecular complexity index is 771. The third-order valence-corrected chi connectivity index (χ3v) is 4.71. The van der Waals surface area contributed by atoms with Crippen molar-refractivity contribution in [1.29, 1.82) is 0 Å². The van der Waals surface area contributed by atoms with Crippen LogP contribution in [-0.2, 0) is 10.0 Å². The molecule has 0 radical (unpaired) electrons. The molecule has 2 N–H and O–H groups in total. The monoisotopic (exact) mass is 379 g/mol. The fourth-order valence-corrected chi connectivity index (χ4v) is 3.58. The van der Waals surface area contributed by atoms with Crippen LogP contribution >= 0.6 is 27.5 Å². The molecule has 0 aliphatic heterocycles. The highest BCUT2D eigenvalue weighted by molar-refractivity contribution is 9.10. The Morgan fingerprint density at radius 3 is 2.60 bits per heavy atom. The number of carboxylic acids is 1. The van der Waals surface area contributed by atoms with Gasteiger partial charge in [-0.2, -0.15) is 0 Å². The number of hydrogen-bond acceptors (Lipinski definition) is 4. The van der Waals surface area contributed by atoms with Crippen LogP contribution in [0.1, 0.15) is 10.6 Å². The molecule has 0 saturated carbocycles. The molecule has 9 heteroatoms. The van der Waals surface area contributed by atoms with Crippen molar-refractivity contribution in [2.24, 2.45) is 0 Å². The van der Waals surface area contributed by atoms with Gasteiger partial charge in [0.25, 0.3) is 10.0 Å². The molecular weight excluding hydrogens is 374 g/mol. The molecule has 20 heavy (non-hydrogen) atoms. The van der Waals surface area contributed by atoms with E-state index in [0.717, 1.165) is 6.07 Å². The Hall–Kier alpha value is -1.51. The lowest BCUT2D eigenvalue weighted by atomic mass is 10.3. The minimum atomic E-state index is -3.99. The predicted molar refractivity (Wildman–Crippen MR) is 75.6 cm³/mol. The van der Waals surface area contributed by atoms with Crippen molar-refractivity contribution in [2.75, 3.05) is 4.72 Å². The van der Waals surface area contributed by atoms with E-state index in [1.165, 1.54) is 12.1 Å². The van der Waals surface area contributed by atoms with Crippen molar-refractivity contribution in [3.63, 3.8) is 0 Å². The van der Waals surface area contributed by atoms with Crippen molar-refractivity contribution >= 4 is 49.2 Å². The molecule has 0 bridgehead atoms. The zero-order valence-corrected chi connectivity index (χ0v) is 12.8. The molecule has 0 aliphatic carbocycles. The smallest absolute Gasteiger partial charge is 0.371 e. The zero-order chi connectivity index (χ0) is 14.9. The Morgan fingerprint density at radius 2 is 2.05 bits per heavy atom. The van der Waals surface area contributed by atoms with E-state index in [-0.39, 0.29) is 15.3 Å². The summed E-state index contributed by atoms with van der Waals surface area (Å²) < 4.78 is 31.1. The summed E-state index contributed by atoms with van der Waals surface area (Å²) in [7, 11) is -3.99. The number of aromatic carboxylic acids is 1. The van der Waals surface area contributed by atoms with Crippen LogP contribution in [0, 0.1) is 0 Å². The summed E-state index contributed by atoms with van der Waals surface area (Å²) in [5, 5.41) is 9.13. The highest BCUT2D eigenvalue weighted by Crippen LogP contribution is 2.28. The number of halogens is 2. The molecule has 106 valence electrons. The number of rotatable bonds is 4. The van der Waals surface area contributed by atoms with Gasteiger partial charge in [-0.1, -0.05) is 17.7 Å². The van der Waals surface area contributed by atoms with Crippen LogP contribution in [0.2, 0.25) is 5.02 Å². The van der Waals surface area contributed by atoms with Gasteiger partial charge < -0.3 is 9.52 Å². The van der Waals surface area contributed by atoms with Gasteiger partial charge in [0.2, 0.25) is 5.76 Å². The Kier molecular flexibility index (Phi) is 4.07. The summed E-state index contributed by atoms with van der Waals surface area (Å²) in [6.45, 7) is 0. The van der Waals surface area contributed by atoms with Crippen molar-refractivity contribution in [3.8, 4) is 0 Å². The van der Waals surface area contributed by atoms with Gasteiger partial charge in [0.05, 0.1) is 5.69 Å². The lowest BCUT2D eigenvalue weighted by Crippen LogP contribution is -2.12. The molecule has 0 saturated heterocycles. The second kappa shape index (κ2) is 5.47. The van der Waals surface area contributed by atoms with Crippen LogP contribution < -0.4 is 4.72 Å². The number of carboxylic acid groups (broad SMARTS) is 1. The highest BCUT2D eigenvalue weighted by atomic mass is 79.9. The van der Waals surface area contributed by atoms with Crippen molar-refractivity contribution in [2.45, 2.75) is 4.90 Å². The number of nitrogens with one attached hydrogen (secondary N) is 1. The van der Waals surface area contributed by atoms with Crippen LogP contribution in [0.5, 0.6) is 0 Å². The molecule has 2 aromatic rings. The van der Waals surface area contributed by atoms with E-state index >= 15 is 0 Å². The number of furan rings is 1. The van der Waals surface area contributed by atoms with Gasteiger partial charge in [0.1, 0.15) is 4.90 Å². The quantitative estimate of drug-likeness (QED) is 0.849. The second-order valence-electron chi connectivity index (χ2n) is 3.67. The molecular formula is C11H7BrClNO5S. The minimum Gasteiger partial charge on any atom is -0.475 e. The number of sulfonamides is 1. The van der Waals surface area contributed by atoms with Crippen LogP contribution in [0.15, 0.2) is 44.3 Å². The number of benzene rings is 1. The minimum absolute atomic E-state index is 0.190. The Balaban J connectivity index is 2.38. The predicted octanol–water partition coefficient (Wildman–Crippen LogP) is 3.19. The second-order valence-corrected chi connectivity index (χ2v) is 6.48. The third kappa shape index (κ3) is 3.14. The van der Waals surface area contributed by atoms with E-state index in [0.29, 0.717) is 5.02 Å². The largest absolute Gasteiger partial charge is 0.475 e. The van der Waals surface area contributed by atoms with E-state index in [9.17, 15) is 13.2 Å². The maximum atomic E-state index is 12.1. The fourth-order valence-electron chi connectivity index (χ4n) is 1.40. The van der Waals surface area contributed by atoms with E-state index in [2.05, 4.69) is 20.7 Å². The summed E-state index contributed by atoms with van der Waals surface area (Å²) in [6.07, 6.45) is 0. The van der Waals surface area contributed by atoms with Crippen LogP contribution in [0.3, 0.4) is 0 Å². The lowest BCUT2D eigenvalue weighted by molar-refractivity contribution is 0.0661. The average Bonchev–Trinajstić information content (AvgIpc) is 2.71. The molecule has 6 nitrogen and oxygen atoms in total. The van der Waals surface area contributed by atoms with Gasteiger partial charge in [0.15, 0.2) is 4.67 Å². The molecule has 0 fully saturated rings. The summed E-state index contributed by atoms with van der Waals surface area (Å²) in [6, 6.07) is 7.02. The Morgan fingerprint density at radius 1 is 1.35 bits per heavy atom. The maximum absolute atomic E-state index is 12.1. The molecule has 1 heterocycles. The van der Waals surface area contributed by atoms with Gasteiger partial charge in [-0.15, -0.1) is 0 Å². The molecule has 0 amide bonds.